The molecule has 102 valence electrons. The van der Waals surface area contributed by atoms with Crippen molar-refractivity contribution in [2.45, 2.75) is 18.9 Å². The van der Waals surface area contributed by atoms with Crippen LogP contribution in [0.15, 0.2) is 72.8 Å². The Labute approximate surface area is 119 Å². The molecule has 0 bridgehead atoms. The fourth-order valence-electron chi connectivity index (χ4n) is 2.07. The highest BCUT2D eigenvalue weighted by molar-refractivity contribution is 6.01. The molecule has 0 spiro atoms. The van der Waals surface area contributed by atoms with E-state index in [1.165, 1.54) is 5.56 Å². The van der Waals surface area contributed by atoms with Crippen molar-refractivity contribution in [2.75, 3.05) is 0 Å². The van der Waals surface area contributed by atoms with Gasteiger partial charge >= 0.3 is 0 Å². The van der Waals surface area contributed by atoms with Crippen molar-refractivity contribution in [3.63, 3.8) is 0 Å². The topological polar surface area (TPSA) is 43.1 Å². The van der Waals surface area contributed by atoms with E-state index in [9.17, 15) is 4.79 Å². The number of hydrogen-bond donors (Lipinski definition) is 1. The third-order valence-corrected chi connectivity index (χ3v) is 3.36. The molecule has 0 amide bonds. The van der Waals surface area contributed by atoms with Crippen molar-refractivity contribution in [3.8, 4) is 0 Å². The number of aryl methyl sites for hydroxylation is 1. The van der Waals surface area contributed by atoms with Crippen molar-refractivity contribution >= 4 is 5.78 Å². The van der Waals surface area contributed by atoms with E-state index in [0.29, 0.717) is 5.56 Å². The molecule has 0 heterocycles. The molecular weight excluding hydrogens is 246 g/mol. The first-order chi connectivity index (χ1) is 9.68. The number of ketones is 1. The second-order valence-corrected chi connectivity index (χ2v) is 4.85. The van der Waals surface area contributed by atoms with Crippen LogP contribution in [0.2, 0.25) is 0 Å². The minimum absolute atomic E-state index is 0.0661. The Morgan fingerprint density at radius 3 is 2.15 bits per heavy atom. The summed E-state index contributed by atoms with van der Waals surface area (Å²) in [5, 5.41) is 0. The standard InChI is InChI=1S/C18H19NO/c1-14(12-13-15-8-4-2-5-9-15)17(19)18(20)16-10-6-3-7-11-16/h2-11,17H,1,12-13,19H2. The Morgan fingerprint density at radius 2 is 1.55 bits per heavy atom. The molecule has 0 aromatic heterocycles. The molecule has 0 radical (unpaired) electrons. The van der Waals surface area contributed by atoms with Gasteiger partial charge < -0.3 is 5.73 Å². The monoisotopic (exact) mass is 265 g/mol. The summed E-state index contributed by atoms with van der Waals surface area (Å²) in [6.07, 6.45) is 1.58. The Morgan fingerprint density at radius 1 is 1.00 bits per heavy atom. The van der Waals surface area contributed by atoms with Crippen LogP contribution < -0.4 is 5.73 Å². The predicted molar refractivity (Wildman–Crippen MR) is 82.7 cm³/mol. The first kappa shape index (κ1) is 14.2. The van der Waals surface area contributed by atoms with Crippen LogP contribution in [0.5, 0.6) is 0 Å². The van der Waals surface area contributed by atoms with Gasteiger partial charge in [0, 0.05) is 5.56 Å². The second kappa shape index (κ2) is 6.83. The highest BCUT2D eigenvalue weighted by Crippen LogP contribution is 2.13. The number of hydrogen-bond acceptors (Lipinski definition) is 2. The Bertz CT molecular complexity index is 575. The molecule has 20 heavy (non-hydrogen) atoms. The van der Waals surface area contributed by atoms with Gasteiger partial charge in [-0.15, -0.1) is 0 Å². The SMILES string of the molecule is C=C(CCc1ccccc1)C(N)C(=O)c1ccccc1. The van der Waals surface area contributed by atoms with Crippen molar-refractivity contribution in [2.24, 2.45) is 5.73 Å². The number of carbonyl (C=O) groups excluding carboxylic acids is 1. The quantitative estimate of drug-likeness (QED) is 0.642. The lowest BCUT2D eigenvalue weighted by Gasteiger charge is -2.14. The van der Waals surface area contributed by atoms with Crippen LogP contribution in [0.1, 0.15) is 22.3 Å². The second-order valence-electron chi connectivity index (χ2n) is 4.85. The van der Waals surface area contributed by atoms with Gasteiger partial charge in [0.15, 0.2) is 5.78 Å². The Hall–Kier alpha value is -2.19. The third-order valence-electron chi connectivity index (χ3n) is 3.36. The normalized spacial score (nSPS) is 11.8. The Kier molecular flexibility index (Phi) is 4.85. The van der Waals surface area contributed by atoms with Crippen LogP contribution in [0, 0.1) is 0 Å². The van der Waals surface area contributed by atoms with E-state index in [2.05, 4.69) is 18.7 Å². The van der Waals surface area contributed by atoms with Crippen molar-refractivity contribution in [3.05, 3.63) is 83.9 Å². The van der Waals surface area contributed by atoms with Crippen LogP contribution >= 0.6 is 0 Å². The molecule has 0 aliphatic heterocycles. The van der Waals surface area contributed by atoms with Gasteiger partial charge in [0.25, 0.3) is 0 Å². The van der Waals surface area contributed by atoms with Crippen LogP contribution in [-0.2, 0) is 6.42 Å². The van der Waals surface area contributed by atoms with Gasteiger partial charge in [0.2, 0.25) is 0 Å². The molecule has 2 N–H and O–H groups in total. The minimum Gasteiger partial charge on any atom is -0.318 e. The van der Waals surface area contributed by atoms with Gasteiger partial charge in [-0.25, -0.2) is 0 Å². The molecule has 2 aromatic rings. The number of benzene rings is 2. The molecule has 2 nitrogen and oxygen atoms in total. The number of nitrogens with two attached hydrogens (primary N) is 1. The zero-order chi connectivity index (χ0) is 14.4. The predicted octanol–water partition coefficient (Wildman–Crippen LogP) is 3.39. The first-order valence-corrected chi connectivity index (χ1v) is 6.75. The molecule has 1 atom stereocenters. The molecule has 1 unspecified atom stereocenters. The summed E-state index contributed by atoms with van der Waals surface area (Å²) in [7, 11) is 0. The summed E-state index contributed by atoms with van der Waals surface area (Å²) < 4.78 is 0. The fraction of sp³-hybridized carbons (Fsp3) is 0.167. The summed E-state index contributed by atoms with van der Waals surface area (Å²) in [5.74, 6) is -0.0661. The fourth-order valence-corrected chi connectivity index (χ4v) is 2.07. The zero-order valence-electron chi connectivity index (χ0n) is 11.5. The van der Waals surface area contributed by atoms with E-state index in [1.54, 1.807) is 12.1 Å². The number of carbonyl (C=O) groups is 1. The van der Waals surface area contributed by atoms with Crippen LogP contribution in [0.3, 0.4) is 0 Å². The molecule has 0 aliphatic rings. The van der Waals surface area contributed by atoms with E-state index in [4.69, 9.17) is 5.73 Å². The Balaban J connectivity index is 1.94. The smallest absolute Gasteiger partial charge is 0.183 e. The van der Waals surface area contributed by atoms with E-state index < -0.39 is 6.04 Å². The number of rotatable bonds is 6. The molecule has 2 rings (SSSR count). The van der Waals surface area contributed by atoms with Gasteiger partial charge in [0.1, 0.15) is 0 Å². The maximum absolute atomic E-state index is 12.2. The summed E-state index contributed by atoms with van der Waals surface area (Å²) in [6, 6.07) is 18.6. The largest absolute Gasteiger partial charge is 0.318 e. The van der Waals surface area contributed by atoms with Crippen LogP contribution in [0.4, 0.5) is 0 Å². The van der Waals surface area contributed by atoms with E-state index in [1.807, 2.05) is 36.4 Å². The maximum Gasteiger partial charge on any atom is 0.183 e. The highest BCUT2D eigenvalue weighted by Gasteiger charge is 2.18. The molecule has 0 aliphatic carbocycles. The average molecular weight is 265 g/mol. The van der Waals surface area contributed by atoms with E-state index in [-0.39, 0.29) is 5.78 Å². The number of Topliss-reactive ketones (excluding diaryl/α,β-unsaturated/α-hetero) is 1. The molecular formula is C18H19NO. The average Bonchev–Trinajstić information content (AvgIpc) is 2.53. The summed E-state index contributed by atoms with van der Waals surface area (Å²) in [5.41, 5.74) is 8.66. The van der Waals surface area contributed by atoms with Gasteiger partial charge in [-0.05, 0) is 18.4 Å². The molecule has 0 saturated carbocycles. The van der Waals surface area contributed by atoms with Gasteiger partial charge in [-0.1, -0.05) is 72.8 Å². The zero-order valence-corrected chi connectivity index (χ0v) is 11.5. The van der Waals surface area contributed by atoms with Crippen molar-refractivity contribution in [1.82, 2.24) is 0 Å². The lowest BCUT2D eigenvalue weighted by Crippen LogP contribution is -2.32. The summed E-state index contributed by atoms with van der Waals surface area (Å²) in [4.78, 5) is 12.2. The third kappa shape index (κ3) is 3.65. The maximum atomic E-state index is 12.2. The lowest BCUT2D eigenvalue weighted by atomic mass is 9.95. The molecule has 2 aromatic carbocycles. The summed E-state index contributed by atoms with van der Waals surface area (Å²) in [6.45, 7) is 3.97. The van der Waals surface area contributed by atoms with Crippen molar-refractivity contribution in [1.29, 1.82) is 0 Å². The molecule has 0 fully saturated rings. The first-order valence-electron chi connectivity index (χ1n) is 6.75. The van der Waals surface area contributed by atoms with Gasteiger partial charge in [-0.3, -0.25) is 4.79 Å². The van der Waals surface area contributed by atoms with E-state index >= 15 is 0 Å². The lowest BCUT2D eigenvalue weighted by molar-refractivity contribution is 0.0973. The van der Waals surface area contributed by atoms with Crippen LogP contribution in [-0.4, -0.2) is 11.8 Å². The van der Waals surface area contributed by atoms with Gasteiger partial charge in [0.05, 0.1) is 6.04 Å². The van der Waals surface area contributed by atoms with Crippen molar-refractivity contribution < 1.29 is 4.79 Å². The molecule has 2 heteroatoms. The minimum atomic E-state index is -0.624. The van der Waals surface area contributed by atoms with Crippen LogP contribution in [0.25, 0.3) is 0 Å². The highest BCUT2D eigenvalue weighted by atomic mass is 16.1. The summed E-state index contributed by atoms with van der Waals surface area (Å²) >= 11 is 0. The van der Waals surface area contributed by atoms with E-state index in [0.717, 1.165) is 18.4 Å². The van der Waals surface area contributed by atoms with Gasteiger partial charge in [-0.2, -0.15) is 0 Å². The molecule has 0 saturated heterocycles.